The lowest BCUT2D eigenvalue weighted by Crippen LogP contribution is -2.35. The van der Waals surface area contributed by atoms with Crippen molar-refractivity contribution in [2.24, 2.45) is 5.73 Å². The second kappa shape index (κ2) is 4.35. The van der Waals surface area contributed by atoms with Gasteiger partial charge >= 0.3 is 0 Å². The van der Waals surface area contributed by atoms with Gasteiger partial charge < -0.3 is 11.1 Å². The van der Waals surface area contributed by atoms with Crippen LogP contribution < -0.4 is 11.1 Å². The molecule has 0 saturated carbocycles. The predicted molar refractivity (Wildman–Crippen MR) is 72.5 cm³/mol. The monoisotopic (exact) mass is 250 g/mol. The standard InChI is InChI=1S/C13H18N2OS/c1-13(2,3)8-5-4-6-9-11(8)15-12(16)10(7-14)17-9/h4-6,10H,7,14H2,1-3H3,(H,15,16). The topological polar surface area (TPSA) is 55.1 Å². The zero-order chi connectivity index (χ0) is 12.6. The van der Waals surface area contributed by atoms with Crippen molar-refractivity contribution in [3.05, 3.63) is 23.8 Å². The van der Waals surface area contributed by atoms with Crippen molar-refractivity contribution in [1.29, 1.82) is 0 Å². The highest BCUT2D eigenvalue weighted by molar-refractivity contribution is 8.01. The van der Waals surface area contributed by atoms with E-state index in [-0.39, 0.29) is 16.6 Å². The number of fused-ring (bicyclic) bond motifs is 1. The van der Waals surface area contributed by atoms with E-state index in [1.54, 1.807) is 11.8 Å². The molecule has 17 heavy (non-hydrogen) atoms. The van der Waals surface area contributed by atoms with E-state index in [9.17, 15) is 4.79 Å². The third-order valence-corrected chi connectivity index (χ3v) is 4.14. The lowest BCUT2D eigenvalue weighted by atomic mass is 9.85. The Balaban J connectivity index is 2.47. The van der Waals surface area contributed by atoms with Crippen LogP contribution >= 0.6 is 11.8 Å². The van der Waals surface area contributed by atoms with E-state index in [2.05, 4.69) is 32.2 Å². The van der Waals surface area contributed by atoms with Gasteiger partial charge in [0.2, 0.25) is 5.91 Å². The summed E-state index contributed by atoms with van der Waals surface area (Å²) in [5.41, 5.74) is 7.75. The summed E-state index contributed by atoms with van der Waals surface area (Å²) in [6.07, 6.45) is 0. The zero-order valence-corrected chi connectivity index (χ0v) is 11.2. The molecule has 92 valence electrons. The number of carbonyl (C=O) groups excluding carboxylic acids is 1. The Morgan fingerprint density at radius 1 is 1.41 bits per heavy atom. The van der Waals surface area contributed by atoms with Crippen molar-refractivity contribution >= 4 is 23.4 Å². The highest BCUT2D eigenvalue weighted by Gasteiger charge is 2.29. The Kier molecular flexibility index (Phi) is 3.19. The molecule has 1 aliphatic heterocycles. The van der Waals surface area contributed by atoms with Crippen LogP contribution in [0.5, 0.6) is 0 Å². The van der Waals surface area contributed by atoms with Crippen LogP contribution in [0.4, 0.5) is 5.69 Å². The van der Waals surface area contributed by atoms with Gasteiger partial charge in [0.05, 0.1) is 5.69 Å². The van der Waals surface area contributed by atoms with Crippen molar-refractivity contribution < 1.29 is 4.79 Å². The van der Waals surface area contributed by atoms with Crippen LogP contribution in [0.25, 0.3) is 0 Å². The molecule has 0 fully saturated rings. The van der Waals surface area contributed by atoms with Gasteiger partial charge in [0.25, 0.3) is 0 Å². The molecule has 1 atom stereocenters. The maximum atomic E-state index is 11.9. The molecule has 0 radical (unpaired) electrons. The summed E-state index contributed by atoms with van der Waals surface area (Å²) in [5.74, 6) is 0.0155. The van der Waals surface area contributed by atoms with Crippen molar-refractivity contribution in [2.45, 2.75) is 36.3 Å². The molecule has 3 nitrogen and oxygen atoms in total. The summed E-state index contributed by atoms with van der Waals surface area (Å²) in [4.78, 5) is 13.0. The molecule has 0 aromatic heterocycles. The molecule has 1 heterocycles. The molecule has 1 aromatic rings. The SMILES string of the molecule is CC(C)(C)c1cccc2c1NC(=O)C(CN)S2. The van der Waals surface area contributed by atoms with Gasteiger partial charge in [-0.1, -0.05) is 32.9 Å². The maximum Gasteiger partial charge on any atom is 0.239 e. The van der Waals surface area contributed by atoms with Crippen LogP contribution in [0, 0.1) is 0 Å². The van der Waals surface area contributed by atoms with E-state index in [0.29, 0.717) is 6.54 Å². The largest absolute Gasteiger partial charge is 0.329 e. The Labute approximate surface area is 106 Å². The van der Waals surface area contributed by atoms with Gasteiger partial charge in [-0.15, -0.1) is 11.8 Å². The molecule has 3 N–H and O–H groups in total. The predicted octanol–water partition coefficient (Wildman–Crippen LogP) is 2.36. The fourth-order valence-electron chi connectivity index (χ4n) is 1.95. The number of nitrogens with two attached hydrogens (primary N) is 1. The van der Waals surface area contributed by atoms with Gasteiger partial charge in [-0.25, -0.2) is 0 Å². The van der Waals surface area contributed by atoms with E-state index < -0.39 is 0 Å². The van der Waals surface area contributed by atoms with E-state index in [1.165, 1.54) is 5.56 Å². The van der Waals surface area contributed by atoms with Crippen LogP contribution in [-0.4, -0.2) is 17.7 Å². The minimum Gasteiger partial charge on any atom is -0.329 e. The number of para-hydroxylation sites is 1. The van der Waals surface area contributed by atoms with E-state index in [1.807, 2.05) is 12.1 Å². The average molecular weight is 250 g/mol. The third kappa shape index (κ3) is 2.33. The van der Waals surface area contributed by atoms with Crippen LogP contribution in [-0.2, 0) is 10.2 Å². The molecule has 0 saturated heterocycles. The number of hydrogen-bond acceptors (Lipinski definition) is 3. The summed E-state index contributed by atoms with van der Waals surface area (Å²) in [6, 6.07) is 6.15. The minimum atomic E-state index is -0.169. The first-order valence-electron chi connectivity index (χ1n) is 5.74. The third-order valence-electron chi connectivity index (χ3n) is 2.86. The summed E-state index contributed by atoms with van der Waals surface area (Å²) < 4.78 is 0. The van der Waals surface area contributed by atoms with Crippen LogP contribution in [0.1, 0.15) is 26.3 Å². The van der Waals surface area contributed by atoms with Gasteiger partial charge in [0.1, 0.15) is 5.25 Å². The molecular weight excluding hydrogens is 232 g/mol. The van der Waals surface area contributed by atoms with Crippen LogP contribution in [0.2, 0.25) is 0 Å². The van der Waals surface area contributed by atoms with E-state index in [4.69, 9.17) is 5.73 Å². The molecule has 0 spiro atoms. The number of benzene rings is 1. The van der Waals surface area contributed by atoms with E-state index >= 15 is 0 Å². The molecule has 1 unspecified atom stereocenters. The Hall–Kier alpha value is -1.000. The number of amides is 1. The second-order valence-electron chi connectivity index (χ2n) is 5.26. The highest BCUT2D eigenvalue weighted by Crippen LogP contribution is 2.41. The first-order valence-corrected chi connectivity index (χ1v) is 6.62. The van der Waals surface area contributed by atoms with Gasteiger partial charge in [0.15, 0.2) is 0 Å². The van der Waals surface area contributed by atoms with Gasteiger partial charge in [0, 0.05) is 11.4 Å². The number of rotatable bonds is 1. The Bertz CT molecular complexity index is 451. The lowest BCUT2D eigenvalue weighted by molar-refractivity contribution is -0.115. The van der Waals surface area contributed by atoms with Gasteiger partial charge in [-0.3, -0.25) is 4.79 Å². The Morgan fingerprint density at radius 3 is 2.71 bits per heavy atom. The van der Waals surface area contributed by atoms with E-state index in [0.717, 1.165) is 10.6 Å². The fraction of sp³-hybridized carbons (Fsp3) is 0.462. The summed E-state index contributed by atoms with van der Waals surface area (Å²) >= 11 is 1.56. The summed E-state index contributed by atoms with van der Waals surface area (Å²) in [5, 5.41) is 2.83. The highest BCUT2D eigenvalue weighted by atomic mass is 32.2. The number of carbonyl (C=O) groups is 1. The smallest absolute Gasteiger partial charge is 0.239 e. The molecular formula is C13H18N2OS. The maximum absolute atomic E-state index is 11.9. The lowest BCUT2D eigenvalue weighted by Gasteiger charge is -2.29. The summed E-state index contributed by atoms with van der Waals surface area (Å²) in [6.45, 7) is 6.81. The zero-order valence-electron chi connectivity index (χ0n) is 10.4. The molecule has 1 aliphatic rings. The molecule has 2 rings (SSSR count). The molecule has 1 amide bonds. The van der Waals surface area contributed by atoms with Crippen molar-refractivity contribution in [3.8, 4) is 0 Å². The van der Waals surface area contributed by atoms with Crippen LogP contribution in [0.15, 0.2) is 23.1 Å². The van der Waals surface area contributed by atoms with Gasteiger partial charge in [-0.05, 0) is 17.0 Å². The second-order valence-corrected chi connectivity index (χ2v) is 6.50. The van der Waals surface area contributed by atoms with Gasteiger partial charge in [-0.2, -0.15) is 0 Å². The molecule has 0 bridgehead atoms. The van der Waals surface area contributed by atoms with Crippen molar-refractivity contribution in [1.82, 2.24) is 0 Å². The number of anilines is 1. The Morgan fingerprint density at radius 2 is 2.12 bits per heavy atom. The minimum absolute atomic E-state index is 0.0155. The first kappa shape index (κ1) is 12.5. The fourth-order valence-corrected chi connectivity index (χ4v) is 2.95. The molecule has 1 aromatic carbocycles. The quantitative estimate of drug-likeness (QED) is 0.804. The van der Waals surface area contributed by atoms with Crippen LogP contribution in [0.3, 0.4) is 0 Å². The number of thioether (sulfide) groups is 1. The summed E-state index contributed by atoms with van der Waals surface area (Å²) in [7, 11) is 0. The normalized spacial score (nSPS) is 19.8. The average Bonchev–Trinajstić information content (AvgIpc) is 2.26. The van der Waals surface area contributed by atoms with Crippen molar-refractivity contribution in [3.63, 3.8) is 0 Å². The first-order chi connectivity index (χ1) is 7.93. The van der Waals surface area contributed by atoms with Crippen molar-refractivity contribution in [2.75, 3.05) is 11.9 Å². The molecule has 4 heteroatoms. The number of hydrogen-bond donors (Lipinski definition) is 2. The number of nitrogens with one attached hydrogen (secondary N) is 1. The molecule has 0 aliphatic carbocycles.